The molecule has 3 aromatic heterocycles. The van der Waals surface area contributed by atoms with Crippen LogP contribution in [-0.2, 0) is 10.0 Å². The van der Waals surface area contributed by atoms with E-state index in [0.29, 0.717) is 30.1 Å². The lowest BCUT2D eigenvalue weighted by molar-refractivity contribution is 0.150. The smallest absolute Gasteiger partial charge is 0.291 e. The Labute approximate surface area is 199 Å². The molecule has 1 saturated heterocycles. The molecule has 2 fully saturated rings. The van der Waals surface area contributed by atoms with Gasteiger partial charge in [-0.05, 0) is 32.8 Å². The molecule has 1 saturated carbocycles. The highest BCUT2D eigenvalue weighted by atomic mass is 32.2. The number of halogens is 2. The Kier molecular flexibility index (Phi) is 5.83. The largest absolute Gasteiger partial charge is 0.395 e. The number of hydrogen-bond acceptors (Lipinski definition) is 9. The van der Waals surface area contributed by atoms with Crippen LogP contribution in [0.1, 0.15) is 38.1 Å². The van der Waals surface area contributed by atoms with Gasteiger partial charge in [-0.15, -0.1) is 10.2 Å². The third-order valence-corrected chi connectivity index (χ3v) is 8.67. The predicted octanol–water partition coefficient (Wildman–Crippen LogP) is 1.78. The van der Waals surface area contributed by atoms with Crippen molar-refractivity contribution in [3.05, 3.63) is 23.5 Å². The van der Waals surface area contributed by atoms with E-state index in [4.69, 9.17) is 0 Å². The van der Waals surface area contributed by atoms with Gasteiger partial charge in [0.2, 0.25) is 10.0 Å². The first kappa shape index (κ1) is 23.5. The molecule has 2 aliphatic rings. The number of sulfonamides is 1. The predicted molar refractivity (Wildman–Crippen MR) is 123 cm³/mol. The van der Waals surface area contributed by atoms with Crippen LogP contribution in [0.2, 0.25) is 0 Å². The Morgan fingerprint density at radius 2 is 2.12 bits per heavy atom. The number of fused-ring (bicyclic) bond motifs is 1. The minimum absolute atomic E-state index is 0.0349. The van der Waals surface area contributed by atoms with Crippen molar-refractivity contribution >= 4 is 32.7 Å². The normalized spacial score (nSPS) is 22.6. The Morgan fingerprint density at radius 3 is 2.76 bits per heavy atom. The van der Waals surface area contributed by atoms with Gasteiger partial charge in [0.1, 0.15) is 10.6 Å². The van der Waals surface area contributed by atoms with Crippen LogP contribution in [-0.4, -0.2) is 70.4 Å². The third-order valence-electron chi connectivity index (χ3n) is 6.12. The van der Waals surface area contributed by atoms with E-state index in [2.05, 4.69) is 25.2 Å². The maximum atomic E-state index is 13.3. The lowest BCUT2D eigenvalue weighted by atomic mass is 10.1. The first-order valence-electron chi connectivity index (χ1n) is 10.9. The molecule has 0 bridgehead atoms. The maximum Gasteiger partial charge on any atom is 0.291 e. The van der Waals surface area contributed by atoms with Crippen LogP contribution in [0.4, 0.5) is 14.5 Å². The number of rotatable bonds is 7. The number of aliphatic hydroxyl groups excluding tert-OH is 1. The van der Waals surface area contributed by atoms with E-state index in [1.165, 1.54) is 12.4 Å². The number of nitrogens with one attached hydrogen (secondary N) is 2. The quantitative estimate of drug-likeness (QED) is 0.437. The molecule has 3 aromatic rings. The first-order valence-corrected chi connectivity index (χ1v) is 13.2. The summed E-state index contributed by atoms with van der Waals surface area (Å²) in [6, 6.07) is 1.43. The molecule has 5 rings (SSSR count). The average molecular weight is 514 g/mol. The number of aromatic nitrogens is 4. The number of imidazole rings is 1. The highest BCUT2D eigenvalue weighted by Gasteiger charge is 2.41. The average Bonchev–Trinajstić information content (AvgIpc) is 3.18. The lowest BCUT2D eigenvalue weighted by Gasteiger charge is -2.38. The fraction of sp³-hybridized carbons (Fsp3) is 0.550. The number of nitrogens with zero attached hydrogens (tertiary/aromatic N) is 5. The molecule has 10 nitrogen and oxygen atoms in total. The van der Waals surface area contributed by atoms with Crippen LogP contribution in [0.15, 0.2) is 23.4 Å². The first-order chi connectivity index (χ1) is 16.1. The Bertz CT molecular complexity index is 1320. The van der Waals surface area contributed by atoms with Crippen molar-refractivity contribution in [2.45, 2.75) is 55.6 Å². The van der Waals surface area contributed by atoms with Gasteiger partial charge in [0, 0.05) is 36.9 Å². The summed E-state index contributed by atoms with van der Waals surface area (Å²) in [7, 11) is -3.87. The number of alkyl halides is 2. The van der Waals surface area contributed by atoms with Gasteiger partial charge in [-0.2, -0.15) is 0 Å². The molecule has 184 valence electrons. The number of piperazine rings is 1. The third kappa shape index (κ3) is 4.40. The summed E-state index contributed by atoms with van der Waals surface area (Å²) in [5.41, 5.74) is 0.937. The van der Waals surface area contributed by atoms with E-state index in [0.717, 1.165) is 24.2 Å². The van der Waals surface area contributed by atoms with Gasteiger partial charge >= 0.3 is 0 Å². The lowest BCUT2D eigenvalue weighted by Crippen LogP contribution is -2.57. The van der Waals surface area contributed by atoms with Gasteiger partial charge in [-0.25, -0.2) is 26.9 Å². The number of hydrogen-bond donors (Lipinski definition) is 3. The van der Waals surface area contributed by atoms with Crippen molar-refractivity contribution < 1.29 is 22.3 Å². The topological polar surface area (TPSA) is 125 Å². The molecule has 0 aromatic carbocycles. The van der Waals surface area contributed by atoms with Crippen LogP contribution in [0.25, 0.3) is 16.3 Å². The summed E-state index contributed by atoms with van der Waals surface area (Å²) in [4.78, 5) is 6.50. The van der Waals surface area contributed by atoms with E-state index in [1.54, 1.807) is 10.5 Å². The molecule has 0 unspecified atom stereocenters. The molecule has 14 heteroatoms. The second kappa shape index (κ2) is 8.45. The molecule has 1 aliphatic heterocycles. The molecule has 0 amide bonds. The second-order valence-corrected chi connectivity index (χ2v) is 11.9. The molecule has 34 heavy (non-hydrogen) atoms. The Balaban J connectivity index is 1.66. The zero-order valence-electron chi connectivity index (χ0n) is 18.6. The molecule has 0 radical (unpaired) electrons. The van der Waals surface area contributed by atoms with Gasteiger partial charge < -0.3 is 15.3 Å². The summed E-state index contributed by atoms with van der Waals surface area (Å²) >= 11 is 0.738. The van der Waals surface area contributed by atoms with Crippen LogP contribution in [0.5, 0.6) is 0 Å². The minimum atomic E-state index is -3.87. The highest BCUT2D eigenvalue weighted by Crippen LogP contribution is 2.37. The van der Waals surface area contributed by atoms with Crippen molar-refractivity contribution in [2.75, 3.05) is 24.6 Å². The van der Waals surface area contributed by atoms with Gasteiger partial charge in [0.05, 0.1) is 18.5 Å². The van der Waals surface area contributed by atoms with Gasteiger partial charge in [0.15, 0.2) is 15.7 Å². The monoisotopic (exact) mass is 513 g/mol. The molecule has 3 N–H and O–H groups in total. The molecular formula is C20H25F2N7O3S2. The maximum absolute atomic E-state index is 13.3. The van der Waals surface area contributed by atoms with Crippen molar-refractivity contribution in [3.63, 3.8) is 0 Å². The Morgan fingerprint density at radius 1 is 1.35 bits per heavy atom. The zero-order chi connectivity index (χ0) is 24.3. The van der Waals surface area contributed by atoms with E-state index in [9.17, 15) is 22.3 Å². The molecule has 0 spiro atoms. The van der Waals surface area contributed by atoms with E-state index in [1.807, 2.05) is 18.7 Å². The van der Waals surface area contributed by atoms with Crippen molar-refractivity contribution in [1.82, 2.24) is 29.6 Å². The van der Waals surface area contributed by atoms with Gasteiger partial charge in [0.25, 0.3) is 6.43 Å². The van der Waals surface area contributed by atoms with Crippen LogP contribution >= 0.6 is 11.3 Å². The van der Waals surface area contributed by atoms with Crippen molar-refractivity contribution in [3.8, 4) is 10.7 Å². The summed E-state index contributed by atoms with van der Waals surface area (Å²) in [5, 5.41) is 20.2. The fourth-order valence-corrected chi connectivity index (χ4v) is 6.36. The van der Waals surface area contributed by atoms with E-state index >= 15 is 0 Å². The highest BCUT2D eigenvalue weighted by molar-refractivity contribution is 7.89. The standard InChI is InChI=1S/C20H25F2N7O3S2/c1-11-7-28(8-12(10-30)24-11)14-5-13(34(31,32)27-20(2)3-4-20)9-29-15(6-23-17(14)29)18-25-26-19(33-18)16(21)22/h5-6,9,11-12,16,24,27,30H,3-4,7-8,10H2,1-2H3/t11-,12+/m0/s1. The van der Waals surface area contributed by atoms with E-state index < -0.39 is 27.0 Å². The van der Waals surface area contributed by atoms with Crippen LogP contribution in [0.3, 0.4) is 0 Å². The van der Waals surface area contributed by atoms with Crippen molar-refractivity contribution in [2.24, 2.45) is 0 Å². The number of aliphatic hydroxyl groups is 1. The summed E-state index contributed by atoms with van der Waals surface area (Å²) in [6.45, 7) is 4.77. The van der Waals surface area contributed by atoms with Crippen molar-refractivity contribution in [1.29, 1.82) is 0 Å². The zero-order valence-corrected chi connectivity index (χ0v) is 20.2. The SMILES string of the molecule is C[C@H]1CN(c2cc(S(=O)(=O)NC3(C)CC3)cn3c(-c4nnc(C(F)F)s4)cnc23)C[C@H](CO)N1. The summed E-state index contributed by atoms with van der Waals surface area (Å²) in [5.74, 6) is 0. The Hall–Kier alpha value is -2.26. The van der Waals surface area contributed by atoms with Gasteiger partial charge in [-0.3, -0.25) is 4.40 Å². The van der Waals surface area contributed by atoms with E-state index in [-0.39, 0.29) is 28.6 Å². The molecule has 4 heterocycles. The van der Waals surface area contributed by atoms with Crippen LogP contribution in [0, 0.1) is 0 Å². The number of pyridine rings is 1. The minimum Gasteiger partial charge on any atom is -0.395 e. The molecular weight excluding hydrogens is 488 g/mol. The van der Waals surface area contributed by atoms with Gasteiger partial charge in [-0.1, -0.05) is 11.3 Å². The molecule has 2 atom stereocenters. The summed E-state index contributed by atoms with van der Waals surface area (Å²) < 4.78 is 57.1. The fourth-order valence-electron chi connectivity index (χ4n) is 4.17. The molecule has 1 aliphatic carbocycles. The number of anilines is 1. The second-order valence-electron chi connectivity index (χ2n) is 9.16. The van der Waals surface area contributed by atoms with Crippen LogP contribution < -0.4 is 14.9 Å². The summed E-state index contributed by atoms with van der Waals surface area (Å²) in [6.07, 6.45) is 1.68.